The van der Waals surface area contributed by atoms with E-state index in [9.17, 15) is 0 Å². The minimum absolute atomic E-state index is 0.403. The molecule has 1 aromatic heterocycles. The average Bonchev–Trinajstić information content (AvgIpc) is 2.37. The van der Waals surface area contributed by atoms with Crippen LogP contribution in [0.25, 0.3) is 0 Å². The van der Waals surface area contributed by atoms with Crippen LogP contribution in [0.3, 0.4) is 0 Å². The first-order valence-corrected chi connectivity index (χ1v) is 6.64. The molecule has 0 bridgehead atoms. The van der Waals surface area contributed by atoms with E-state index in [1.165, 1.54) is 31.2 Å². The standard InChI is InChI=1S/C14H23N3/c1-11-3-2-4-13(9-11)14(17-15)10-12-5-7-16-8-6-12/h5-8,11,13-14,17H,2-4,9-10,15H2,1H3. The monoisotopic (exact) mass is 233 g/mol. The van der Waals surface area contributed by atoms with Crippen molar-refractivity contribution in [3.05, 3.63) is 30.1 Å². The molecule has 3 atom stereocenters. The van der Waals surface area contributed by atoms with Crippen LogP contribution in [-0.2, 0) is 6.42 Å². The van der Waals surface area contributed by atoms with Gasteiger partial charge in [-0.05, 0) is 48.8 Å². The third-order valence-electron chi connectivity index (χ3n) is 3.97. The predicted octanol–water partition coefficient (Wildman–Crippen LogP) is 2.28. The Kier molecular flexibility index (Phi) is 4.51. The molecule has 0 saturated heterocycles. The lowest BCUT2D eigenvalue weighted by atomic mass is 9.77. The molecule has 2 rings (SSSR count). The Morgan fingerprint density at radius 1 is 1.41 bits per heavy atom. The van der Waals surface area contributed by atoms with Crippen LogP contribution in [-0.4, -0.2) is 11.0 Å². The first kappa shape index (κ1) is 12.5. The fourth-order valence-corrected chi connectivity index (χ4v) is 2.98. The van der Waals surface area contributed by atoms with Crippen molar-refractivity contribution in [1.82, 2.24) is 10.4 Å². The van der Waals surface area contributed by atoms with E-state index in [1.54, 1.807) is 0 Å². The number of hydrazine groups is 1. The van der Waals surface area contributed by atoms with Crippen molar-refractivity contribution < 1.29 is 0 Å². The maximum absolute atomic E-state index is 5.73. The largest absolute Gasteiger partial charge is 0.271 e. The van der Waals surface area contributed by atoms with Crippen molar-refractivity contribution in [3.8, 4) is 0 Å². The van der Waals surface area contributed by atoms with Gasteiger partial charge in [-0.3, -0.25) is 16.3 Å². The van der Waals surface area contributed by atoms with Gasteiger partial charge in [-0.25, -0.2) is 0 Å². The van der Waals surface area contributed by atoms with Crippen LogP contribution in [0.1, 0.15) is 38.2 Å². The van der Waals surface area contributed by atoms with Crippen molar-refractivity contribution in [2.75, 3.05) is 0 Å². The molecule has 3 N–H and O–H groups in total. The maximum Gasteiger partial charge on any atom is 0.0279 e. The molecule has 1 aliphatic carbocycles. The van der Waals surface area contributed by atoms with Crippen molar-refractivity contribution >= 4 is 0 Å². The van der Waals surface area contributed by atoms with Gasteiger partial charge in [0.1, 0.15) is 0 Å². The number of pyridine rings is 1. The molecule has 1 aromatic rings. The molecule has 3 unspecified atom stereocenters. The molecular weight excluding hydrogens is 210 g/mol. The number of hydrogen-bond acceptors (Lipinski definition) is 3. The summed E-state index contributed by atoms with van der Waals surface area (Å²) >= 11 is 0. The molecule has 17 heavy (non-hydrogen) atoms. The highest BCUT2D eigenvalue weighted by Gasteiger charge is 2.25. The Labute approximate surface area is 104 Å². The SMILES string of the molecule is CC1CCCC(C(Cc2ccncc2)NN)C1. The summed E-state index contributed by atoms with van der Waals surface area (Å²) in [4.78, 5) is 4.05. The minimum atomic E-state index is 0.403. The highest BCUT2D eigenvalue weighted by molar-refractivity contribution is 5.11. The Balaban J connectivity index is 1.96. The minimum Gasteiger partial charge on any atom is -0.271 e. The lowest BCUT2D eigenvalue weighted by Gasteiger charge is -2.33. The van der Waals surface area contributed by atoms with Gasteiger partial charge in [-0.2, -0.15) is 0 Å². The van der Waals surface area contributed by atoms with E-state index < -0.39 is 0 Å². The fraction of sp³-hybridized carbons (Fsp3) is 0.643. The van der Waals surface area contributed by atoms with Crippen molar-refractivity contribution in [3.63, 3.8) is 0 Å². The van der Waals surface area contributed by atoms with E-state index in [-0.39, 0.29) is 0 Å². The van der Waals surface area contributed by atoms with Crippen molar-refractivity contribution in [1.29, 1.82) is 0 Å². The van der Waals surface area contributed by atoms with Crippen LogP contribution in [0.2, 0.25) is 0 Å². The summed E-state index contributed by atoms with van der Waals surface area (Å²) in [5.74, 6) is 7.30. The van der Waals surface area contributed by atoms with Crippen LogP contribution in [0.5, 0.6) is 0 Å². The molecule has 1 saturated carbocycles. The molecule has 3 heteroatoms. The summed E-state index contributed by atoms with van der Waals surface area (Å²) in [5.41, 5.74) is 4.34. The summed E-state index contributed by atoms with van der Waals surface area (Å²) in [6, 6.07) is 4.56. The zero-order chi connectivity index (χ0) is 12.1. The third-order valence-corrected chi connectivity index (χ3v) is 3.97. The van der Waals surface area contributed by atoms with Crippen LogP contribution in [0, 0.1) is 11.8 Å². The van der Waals surface area contributed by atoms with Crippen molar-refractivity contribution in [2.45, 2.75) is 45.1 Å². The Morgan fingerprint density at radius 3 is 2.82 bits per heavy atom. The summed E-state index contributed by atoms with van der Waals surface area (Å²) < 4.78 is 0. The van der Waals surface area contributed by atoms with E-state index in [4.69, 9.17) is 5.84 Å². The summed E-state index contributed by atoms with van der Waals surface area (Å²) in [6.45, 7) is 2.35. The smallest absolute Gasteiger partial charge is 0.0279 e. The second kappa shape index (κ2) is 6.12. The van der Waals surface area contributed by atoms with Crippen LogP contribution in [0.15, 0.2) is 24.5 Å². The van der Waals surface area contributed by atoms with Crippen LogP contribution in [0.4, 0.5) is 0 Å². The number of hydrogen-bond donors (Lipinski definition) is 2. The molecule has 3 nitrogen and oxygen atoms in total. The molecule has 94 valence electrons. The van der Waals surface area contributed by atoms with E-state index in [2.05, 4.69) is 29.5 Å². The summed E-state index contributed by atoms with van der Waals surface area (Å²) in [7, 11) is 0. The summed E-state index contributed by atoms with van der Waals surface area (Å²) in [6.07, 6.45) is 10.1. The molecule has 1 heterocycles. The zero-order valence-electron chi connectivity index (χ0n) is 10.6. The van der Waals surface area contributed by atoms with Gasteiger partial charge in [0.15, 0.2) is 0 Å². The van der Waals surface area contributed by atoms with Crippen LogP contribution >= 0.6 is 0 Å². The molecule has 1 fully saturated rings. The maximum atomic E-state index is 5.73. The van der Waals surface area contributed by atoms with Gasteiger partial charge in [-0.15, -0.1) is 0 Å². The number of nitrogens with one attached hydrogen (secondary N) is 1. The molecule has 0 aromatic carbocycles. The molecule has 0 amide bonds. The first-order chi connectivity index (χ1) is 8.29. The van der Waals surface area contributed by atoms with Gasteiger partial charge in [-0.1, -0.05) is 19.8 Å². The fourth-order valence-electron chi connectivity index (χ4n) is 2.98. The van der Waals surface area contributed by atoms with E-state index in [1.807, 2.05) is 12.4 Å². The molecule has 1 aliphatic rings. The number of aromatic nitrogens is 1. The normalized spacial score (nSPS) is 26.7. The van der Waals surface area contributed by atoms with Gasteiger partial charge >= 0.3 is 0 Å². The second-order valence-electron chi connectivity index (χ2n) is 5.36. The lowest BCUT2D eigenvalue weighted by Crippen LogP contribution is -2.43. The quantitative estimate of drug-likeness (QED) is 0.619. The predicted molar refractivity (Wildman–Crippen MR) is 70.2 cm³/mol. The Hall–Kier alpha value is -0.930. The van der Waals surface area contributed by atoms with E-state index >= 15 is 0 Å². The average molecular weight is 233 g/mol. The summed E-state index contributed by atoms with van der Waals surface area (Å²) in [5, 5.41) is 0. The first-order valence-electron chi connectivity index (χ1n) is 6.64. The highest BCUT2D eigenvalue weighted by Crippen LogP contribution is 2.31. The van der Waals surface area contributed by atoms with Gasteiger partial charge in [0.2, 0.25) is 0 Å². The number of nitrogens with zero attached hydrogens (tertiary/aromatic N) is 1. The number of rotatable bonds is 4. The topological polar surface area (TPSA) is 50.9 Å². The highest BCUT2D eigenvalue weighted by atomic mass is 15.2. The van der Waals surface area contributed by atoms with E-state index in [0.717, 1.165) is 18.3 Å². The van der Waals surface area contributed by atoms with E-state index in [0.29, 0.717) is 6.04 Å². The van der Waals surface area contributed by atoms with Crippen LogP contribution < -0.4 is 11.3 Å². The number of nitrogens with two attached hydrogens (primary N) is 1. The van der Waals surface area contributed by atoms with Gasteiger partial charge < -0.3 is 0 Å². The molecule has 0 radical (unpaired) electrons. The zero-order valence-corrected chi connectivity index (χ0v) is 10.6. The third kappa shape index (κ3) is 3.51. The Morgan fingerprint density at radius 2 is 2.18 bits per heavy atom. The molecular formula is C14H23N3. The van der Waals surface area contributed by atoms with Gasteiger partial charge in [0, 0.05) is 18.4 Å². The van der Waals surface area contributed by atoms with Crippen molar-refractivity contribution in [2.24, 2.45) is 17.7 Å². The molecule has 0 aliphatic heterocycles. The van der Waals surface area contributed by atoms with Gasteiger partial charge in [0.25, 0.3) is 0 Å². The molecule has 0 spiro atoms. The second-order valence-corrected chi connectivity index (χ2v) is 5.36. The van der Waals surface area contributed by atoms with Gasteiger partial charge in [0.05, 0.1) is 0 Å². The lowest BCUT2D eigenvalue weighted by molar-refractivity contribution is 0.222. The Bertz CT molecular complexity index is 325.